The number of phenolic OH excluding ortho intramolecular Hbond substituents is 1. The number of hydrogen-bond donors (Lipinski definition) is 1. The summed E-state index contributed by atoms with van der Waals surface area (Å²) < 4.78 is 0. The van der Waals surface area contributed by atoms with Crippen molar-refractivity contribution < 1.29 is 5.11 Å². The van der Waals surface area contributed by atoms with Crippen molar-refractivity contribution in [3.63, 3.8) is 0 Å². The standard InChI is InChI=1S/C16H19OSi/c1-16(2,3)18(13-9-5-4-6-10-13)15-12-8-7-11-14(15)17/h4-12,17H,1-3H3. The number of aromatic hydroxyl groups is 1. The first kappa shape index (κ1) is 12.9. The smallest absolute Gasteiger partial charge is 0.131 e. The van der Waals surface area contributed by atoms with Crippen LogP contribution in [0.1, 0.15) is 20.8 Å². The fourth-order valence-electron chi connectivity index (χ4n) is 2.28. The van der Waals surface area contributed by atoms with E-state index < -0.39 is 8.80 Å². The molecule has 2 heteroatoms. The molecule has 0 bridgehead atoms. The van der Waals surface area contributed by atoms with E-state index in [0.29, 0.717) is 5.75 Å². The Kier molecular flexibility index (Phi) is 3.57. The maximum absolute atomic E-state index is 10.1. The lowest BCUT2D eigenvalue weighted by molar-refractivity contribution is 0.479. The molecule has 0 atom stereocenters. The summed E-state index contributed by atoms with van der Waals surface area (Å²) in [7, 11) is -0.995. The van der Waals surface area contributed by atoms with Gasteiger partial charge in [0.1, 0.15) is 14.5 Å². The highest BCUT2D eigenvalue weighted by molar-refractivity contribution is 6.88. The molecule has 2 aromatic rings. The van der Waals surface area contributed by atoms with Crippen molar-refractivity contribution in [2.45, 2.75) is 25.8 Å². The van der Waals surface area contributed by atoms with Gasteiger partial charge in [-0.25, -0.2) is 0 Å². The van der Waals surface area contributed by atoms with E-state index >= 15 is 0 Å². The van der Waals surface area contributed by atoms with Gasteiger partial charge in [0.05, 0.1) is 0 Å². The van der Waals surface area contributed by atoms with Crippen LogP contribution in [-0.2, 0) is 0 Å². The van der Waals surface area contributed by atoms with Gasteiger partial charge in [0.2, 0.25) is 0 Å². The predicted molar refractivity (Wildman–Crippen MR) is 79.3 cm³/mol. The Bertz CT molecular complexity index is 514. The number of rotatable bonds is 2. The lowest BCUT2D eigenvalue weighted by atomic mass is 10.2. The van der Waals surface area contributed by atoms with Gasteiger partial charge in [0.25, 0.3) is 0 Å². The molecule has 0 saturated carbocycles. The van der Waals surface area contributed by atoms with E-state index in [2.05, 4.69) is 51.1 Å². The van der Waals surface area contributed by atoms with Crippen LogP contribution >= 0.6 is 0 Å². The van der Waals surface area contributed by atoms with Gasteiger partial charge in [-0.2, -0.15) is 0 Å². The molecule has 0 spiro atoms. The van der Waals surface area contributed by atoms with Gasteiger partial charge in [0.15, 0.2) is 0 Å². The summed E-state index contributed by atoms with van der Waals surface area (Å²) in [5.74, 6) is 0.421. The molecule has 0 fully saturated rings. The molecule has 2 rings (SSSR count). The third-order valence-electron chi connectivity index (χ3n) is 2.99. The van der Waals surface area contributed by atoms with Gasteiger partial charge < -0.3 is 5.11 Å². The van der Waals surface area contributed by atoms with Crippen molar-refractivity contribution in [1.29, 1.82) is 0 Å². The van der Waals surface area contributed by atoms with Crippen molar-refractivity contribution in [2.24, 2.45) is 0 Å². The summed E-state index contributed by atoms with van der Waals surface area (Å²) in [6.07, 6.45) is 0. The first-order valence-corrected chi connectivity index (χ1v) is 7.71. The Hall–Kier alpha value is -1.54. The Morgan fingerprint density at radius 1 is 0.833 bits per heavy atom. The van der Waals surface area contributed by atoms with Crippen LogP contribution in [-0.4, -0.2) is 13.9 Å². The van der Waals surface area contributed by atoms with Gasteiger partial charge in [0, 0.05) is 0 Å². The molecule has 2 aromatic carbocycles. The third kappa shape index (κ3) is 2.65. The van der Waals surface area contributed by atoms with Crippen LogP contribution in [0.4, 0.5) is 0 Å². The minimum Gasteiger partial charge on any atom is -0.508 e. The molecule has 1 nitrogen and oxygen atoms in total. The molecule has 0 amide bonds. The highest BCUT2D eigenvalue weighted by Crippen LogP contribution is 2.28. The first-order valence-electron chi connectivity index (χ1n) is 6.21. The average Bonchev–Trinajstić information content (AvgIpc) is 2.32. The van der Waals surface area contributed by atoms with Crippen molar-refractivity contribution in [1.82, 2.24) is 0 Å². The van der Waals surface area contributed by atoms with E-state index in [1.807, 2.05) is 18.2 Å². The van der Waals surface area contributed by atoms with Gasteiger partial charge in [-0.3, -0.25) is 0 Å². The van der Waals surface area contributed by atoms with E-state index in [1.54, 1.807) is 6.07 Å². The zero-order valence-electron chi connectivity index (χ0n) is 11.1. The topological polar surface area (TPSA) is 20.2 Å². The molecular weight excluding hydrogens is 236 g/mol. The molecule has 0 aliphatic rings. The molecule has 0 unspecified atom stereocenters. The molecule has 93 valence electrons. The van der Waals surface area contributed by atoms with Gasteiger partial charge in [-0.15, -0.1) is 0 Å². The average molecular weight is 255 g/mol. The van der Waals surface area contributed by atoms with Crippen molar-refractivity contribution >= 4 is 19.2 Å². The summed E-state index contributed by atoms with van der Waals surface area (Å²) in [5, 5.41) is 12.7. The normalized spacial score (nSPS) is 11.8. The predicted octanol–water partition coefficient (Wildman–Crippen LogP) is 2.80. The van der Waals surface area contributed by atoms with Gasteiger partial charge >= 0.3 is 0 Å². The van der Waals surface area contributed by atoms with Crippen molar-refractivity contribution in [3.8, 4) is 5.75 Å². The fraction of sp³-hybridized carbons (Fsp3) is 0.250. The van der Waals surface area contributed by atoms with Crippen LogP contribution in [0.3, 0.4) is 0 Å². The lowest BCUT2D eigenvalue weighted by Crippen LogP contribution is -2.48. The summed E-state index contributed by atoms with van der Waals surface area (Å²) in [4.78, 5) is 0. The van der Waals surface area contributed by atoms with E-state index in [0.717, 1.165) is 5.19 Å². The van der Waals surface area contributed by atoms with E-state index in [9.17, 15) is 5.11 Å². The van der Waals surface area contributed by atoms with E-state index in [-0.39, 0.29) is 5.04 Å². The van der Waals surface area contributed by atoms with Crippen LogP contribution in [0, 0.1) is 0 Å². The summed E-state index contributed by atoms with van der Waals surface area (Å²) in [6.45, 7) is 6.75. The van der Waals surface area contributed by atoms with Gasteiger partial charge in [-0.1, -0.05) is 74.5 Å². The molecule has 1 radical (unpaired) electrons. The second-order valence-electron chi connectivity index (χ2n) is 5.51. The molecule has 18 heavy (non-hydrogen) atoms. The van der Waals surface area contributed by atoms with Crippen LogP contribution < -0.4 is 10.4 Å². The third-order valence-corrected chi connectivity index (χ3v) is 6.36. The molecular formula is C16H19OSi. The van der Waals surface area contributed by atoms with Crippen molar-refractivity contribution in [2.75, 3.05) is 0 Å². The number of benzene rings is 2. The maximum atomic E-state index is 10.1. The zero-order valence-corrected chi connectivity index (χ0v) is 12.1. The van der Waals surface area contributed by atoms with E-state index in [1.165, 1.54) is 5.19 Å². The van der Waals surface area contributed by atoms with Crippen LogP contribution in [0.25, 0.3) is 0 Å². The van der Waals surface area contributed by atoms with Crippen LogP contribution in [0.15, 0.2) is 54.6 Å². The molecule has 1 N–H and O–H groups in total. The summed E-state index contributed by atoms with van der Waals surface area (Å²) >= 11 is 0. The second-order valence-corrected chi connectivity index (χ2v) is 8.87. The number of hydrogen-bond acceptors (Lipinski definition) is 1. The van der Waals surface area contributed by atoms with Crippen molar-refractivity contribution in [3.05, 3.63) is 54.6 Å². The maximum Gasteiger partial charge on any atom is 0.131 e. The van der Waals surface area contributed by atoms with E-state index in [4.69, 9.17) is 0 Å². The molecule has 0 aromatic heterocycles. The number of para-hydroxylation sites is 1. The first-order chi connectivity index (χ1) is 8.50. The monoisotopic (exact) mass is 255 g/mol. The Labute approximate surface area is 111 Å². The Balaban J connectivity index is 2.55. The summed E-state index contributed by atoms with van der Waals surface area (Å²) in [6, 6.07) is 18.3. The molecule has 0 aliphatic heterocycles. The van der Waals surface area contributed by atoms with Crippen LogP contribution in [0.5, 0.6) is 5.75 Å². The minimum atomic E-state index is -0.995. The summed E-state index contributed by atoms with van der Waals surface area (Å²) in [5.41, 5.74) is 0. The zero-order chi connectivity index (χ0) is 13.2. The van der Waals surface area contributed by atoms with Gasteiger partial charge in [-0.05, 0) is 16.3 Å². The fourth-order valence-corrected chi connectivity index (χ4v) is 5.40. The highest BCUT2D eigenvalue weighted by atomic mass is 28.3. The Morgan fingerprint density at radius 2 is 1.39 bits per heavy atom. The quantitative estimate of drug-likeness (QED) is 0.818. The highest BCUT2D eigenvalue weighted by Gasteiger charge is 2.31. The second kappa shape index (κ2) is 4.98. The number of phenols is 1. The largest absolute Gasteiger partial charge is 0.508 e. The minimum absolute atomic E-state index is 0.158. The molecule has 0 saturated heterocycles. The molecule has 0 heterocycles. The molecule has 0 aliphatic carbocycles. The van der Waals surface area contributed by atoms with Crippen LogP contribution in [0.2, 0.25) is 5.04 Å². The Morgan fingerprint density at radius 3 is 1.94 bits per heavy atom. The SMILES string of the molecule is CC(C)(C)[Si](c1ccccc1)c1ccccc1O. The lowest BCUT2D eigenvalue weighted by Gasteiger charge is -2.30.